The highest BCUT2D eigenvalue weighted by atomic mass is 16.2. The first-order chi connectivity index (χ1) is 7.17. The fourth-order valence-electron chi connectivity index (χ4n) is 1.44. The lowest BCUT2D eigenvalue weighted by molar-refractivity contribution is -0.130. The minimum atomic E-state index is 0.0955. The van der Waals surface area contributed by atoms with E-state index in [4.69, 9.17) is 5.73 Å². The fourth-order valence-corrected chi connectivity index (χ4v) is 1.44. The predicted molar refractivity (Wildman–Crippen MR) is 60.3 cm³/mol. The summed E-state index contributed by atoms with van der Waals surface area (Å²) in [5, 5.41) is 0. The van der Waals surface area contributed by atoms with Crippen LogP contribution >= 0.6 is 0 Å². The van der Waals surface area contributed by atoms with Crippen LogP contribution in [0.15, 0.2) is 18.2 Å². The van der Waals surface area contributed by atoms with Crippen molar-refractivity contribution >= 4 is 11.7 Å². The van der Waals surface area contributed by atoms with Gasteiger partial charge in [-0.05, 0) is 26.0 Å². The maximum absolute atomic E-state index is 11.7. The Morgan fingerprint density at radius 2 is 2.07 bits per heavy atom. The summed E-state index contributed by atoms with van der Waals surface area (Å²) >= 11 is 0. The number of hydrogen-bond donors (Lipinski definition) is 1. The predicted octanol–water partition coefficient (Wildman–Crippen LogP) is 1.07. The Bertz CT molecular complexity index is 334. The molecule has 0 radical (unpaired) electrons. The van der Waals surface area contributed by atoms with Gasteiger partial charge in [-0.2, -0.15) is 0 Å². The zero-order valence-electron chi connectivity index (χ0n) is 9.23. The van der Waals surface area contributed by atoms with E-state index in [1.807, 2.05) is 26.0 Å². The lowest BCUT2D eigenvalue weighted by Crippen LogP contribution is -2.32. The molecular weight excluding hydrogens is 190 g/mol. The van der Waals surface area contributed by atoms with Crippen molar-refractivity contribution in [3.05, 3.63) is 23.9 Å². The topological polar surface area (TPSA) is 59.2 Å². The molecule has 1 amide bonds. The van der Waals surface area contributed by atoms with Crippen LogP contribution in [0.25, 0.3) is 0 Å². The highest BCUT2D eigenvalue weighted by Crippen LogP contribution is 2.03. The van der Waals surface area contributed by atoms with Crippen LogP contribution in [0.1, 0.15) is 19.5 Å². The van der Waals surface area contributed by atoms with E-state index >= 15 is 0 Å². The van der Waals surface area contributed by atoms with Crippen molar-refractivity contribution in [2.45, 2.75) is 20.3 Å². The van der Waals surface area contributed by atoms with Crippen LogP contribution in [-0.4, -0.2) is 28.9 Å². The molecule has 0 aliphatic rings. The van der Waals surface area contributed by atoms with Gasteiger partial charge in [-0.1, -0.05) is 6.07 Å². The monoisotopic (exact) mass is 207 g/mol. The maximum Gasteiger partial charge on any atom is 0.228 e. The molecule has 4 heteroatoms. The van der Waals surface area contributed by atoms with Crippen molar-refractivity contribution in [2.24, 2.45) is 0 Å². The first kappa shape index (κ1) is 11.5. The molecule has 4 nitrogen and oxygen atoms in total. The van der Waals surface area contributed by atoms with Crippen LogP contribution in [0.4, 0.5) is 5.82 Å². The van der Waals surface area contributed by atoms with Gasteiger partial charge in [0.1, 0.15) is 5.82 Å². The van der Waals surface area contributed by atoms with Gasteiger partial charge in [-0.25, -0.2) is 4.98 Å². The van der Waals surface area contributed by atoms with E-state index in [0.29, 0.717) is 12.2 Å². The Balaban J connectivity index is 2.65. The van der Waals surface area contributed by atoms with E-state index < -0.39 is 0 Å². The van der Waals surface area contributed by atoms with Gasteiger partial charge in [-0.15, -0.1) is 0 Å². The molecule has 0 aliphatic carbocycles. The summed E-state index contributed by atoms with van der Waals surface area (Å²) in [7, 11) is 0. The Hall–Kier alpha value is -1.58. The fraction of sp³-hybridized carbons (Fsp3) is 0.455. The summed E-state index contributed by atoms with van der Waals surface area (Å²) in [6, 6.07) is 5.34. The normalized spacial score (nSPS) is 10.0. The van der Waals surface area contributed by atoms with Crippen LogP contribution < -0.4 is 5.73 Å². The second kappa shape index (κ2) is 5.34. The van der Waals surface area contributed by atoms with Gasteiger partial charge in [0.25, 0.3) is 0 Å². The lowest BCUT2D eigenvalue weighted by Gasteiger charge is -2.18. The number of likely N-dealkylation sites (N-methyl/N-ethyl adjacent to an activating group) is 1. The number of anilines is 1. The average Bonchev–Trinajstić information content (AvgIpc) is 2.19. The Morgan fingerprint density at radius 3 is 2.60 bits per heavy atom. The van der Waals surface area contributed by atoms with Crippen molar-refractivity contribution in [3.8, 4) is 0 Å². The third-order valence-corrected chi connectivity index (χ3v) is 2.28. The Morgan fingerprint density at radius 1 is 1.40 bits per heavy atom. The third-order valence-electron chi connectivity index (χ3n) is 2.28. The minimum absolute atomic E-state index is 0.0955. The maximum atomic E-state index is 11.7. The first-order valence-electron chi connectivity index (χ1n) is 5.16. The van der Waals surface area contributed by atoms with Gasteiger partial charge in [0.05, 0.1) is 12.1 Å². The molecule has 0 saturated carbocycles. The quantitative estimate of drug-likeness (QED) is 0.803. The van der Waals surface area contributed by atoms with E-state index in [0.717, 1.165) is 18.8 Å². The highest BCUT2D eigenvalue weighted by molar-refractivity contribution is 5.78. The zero-order valence-corrected chi connectivity index (χ0v) is 9.23. The van der Waals surface area contributed by atoms with Gasteiger partial charge in [-0.3, -0.25) is 4.79 Å². The molecule has 1 heterocycles. The van der Waals surface area contributed by atoms with Crippen molar-refractivity contribution in [1.29, 1.82) is 0 Å². The first-order valence-corrected chi connectivity index (χ1v) is 5.16. The number of pyridine rings is 1. The molecule has 0 saturated heterocycles. The lowest BCUT2D eigenvalue weighted by atomic mass is 10.2. The van der Waals surface area contributed by atoms with Crippen LogP contribution in [-0.2, 0) is 11.2 Å². The van der Waals surface area contributed by atoms with E-state index in [1.165, 1.54) is 0 Å². The van der Waals surface area contributed by atoms with Gasteiger partial charge >= 0.3 is 0 Å². The molecule has 0 aliphatic heterocycles. The number of nitrogen functional groups attached to an aromatic ring is 1. The van der Waals surface area contributed by atoms with Crippen LogP contribution in [0.3, 0.4) is 0 Å². The summed E-state index contributed by atoms with van der Waals surface area (Å²) < 4.78 is 0. The van der Waals surface area contributed by atoms with Crippen molar-refractivity contribution in [1.82, 2.24) is 9.88 Å². The van der Waals surface area contributed by atoms with Crippen molar-refractivity contribution in [3.63, 3.8) is 0 Å². The van der Waals surface area contributed by atoms with Crippen LogP contribution in [0.2, 0.25) is 0 Å². The number of nitrogens with zero attached hydrogens (tertiary/aromatic N) is 2. The summed E-state index contributed by atoms with van der Waals surface area (Å²) in [4.78, 5) is 17.6. The minimum Gasteiger partial charge on any atom is -0.384 e. The van der Waals surface area contributed by atoms with Crippen LogP contribution in [0, 0.1) is 0 Å². The molecule has 2 N–H and O–H groups in total. The number of nitrogens with two attached hydrogens (primary N) is 1. The number of carbonyl (C=O) groups excluding carboxylic acids is 1. The van der Waals surface area contributed by atoms with Crippen molar-refractivity contribution in [2.75, 3.05) is 18.8 Å². The summed E-state index contributed by atoms with van der Waals surface area (Å²) in [6.07, 6.45) is 0.326. The molecule has 0 spiro atoms. The van der Waals surface area contributed by atoms with Gasteiger partial charge in [0.15, 0.2) is 0 Å². The molecule has 0 bridgehead atoms. The van der Waals surface area contributed by atoms with Gasteiger partial charge < -0.3 is 10.6 Å². The Labute approximate surface area is 90.1 Å². The zero-order chi connectivity index (χ0) is 11.3. The van der Waals surface area contributed by atoms with E-state index in [-0.39, 0.29) is 5.91 Å². The largest absolute Gasteiger partial charge is 0.384 e. The SMILES string of the molecule is CCN(CC)C(=O)Cc1cccc(N)n1. The molecule has 1 aromatic heterocycles. The molecule has 0 atom stereocenters. The van der Waals surface area contributed by atoms with Gasteiger partial charge in [0.2, 0.25) is 5.91 Å². The molecule has 82 valence electrons. The number of carbonyl (C=O) groups is 1. The number of aromatic nitrogens is 1. The number of rotatable bonds is 4. The molecule has 15 heavy (non-hydrogen) atoms. The molecule has 1 aromatic rings. The van der Waals surface area contributed by atoms with Gasteiger partial charge in [0, 0.05) is 13.1 Å². The average molecular weight is 207 g/mol. The number of amides is 1. The molecule has 1 rings (SSSR count). The molecular formula is C11H17N3O. The second-order valence-electron chi connectivity index (χ2n) is 3.30. The molecule has 0 unspecified atom stereocenters. The summed E-state index contributed by atoms with van der Waals surface area (Å²) in [6.45, 7) is 5.40. The summed E-state index contributed by atoms with van der Waals surface area (Å²) in [5.41, 5.74) is 6.27. The summed E-state index contributed by atoms with van der Waals surface area (Å²) in [5.74, 6) is 0.554. The van der Waals surface area contributed by atoms with E-state index in [9.17, 15) is 4.79 Å². The molecule has 0 aromatic carbocycles. The van der Waals surface area contributed by atoms with E-state index in [1.54, 1.807) is 11.0 Å². The highest BCUT2D eigenvalue weighted by Gasteiger charge is 2.10. The van der Waals surface area contributed by atoms with Crippen molar-refractivity contribution < 1.29 is 4.79 Å². The third kappa shape index (κ3) is 3.23. The number of hydrogen-bond acceptors (Lipinski definition) is 3. The standard InChI is InChI=1S/C11H17N3O/c1-3-14(4-2)11(15)8-9-6-5-7-10(12)13-9/h5-7H,3-4,8H2,1-2H3,(H2,12,13). The van der Waals surface area contributed by atoms with Crippen LogP contribution in [0.5, 0.6) is 0 Å². The smallest absolute Gasteiger partial charge is 0.228 e. The Kier molecular flexibility index (Phi) is 4.09. The second-order valence-corrected chi connectivity index (χ2v) is 3.30. The molecule has 0 fully saturated rings. The van der Waals surface area contributed by atoms with E-state index in [2.05, 4.69) is 4.98 Å².